The number of ether oxygens (including phenoxy) is 4. The van der Waals surface area contributed by atoms with Crippen molar-refractivity contribution >= 4 is 94.1 Å². The van der Waals surface area contributed by atoms with Gasteiger partial charge < -0.3 is 48.0 Å². The molecule has 0 aliphatic carbocycles. The first-order chi connectivity index (χ1) is 43.9. The summed E-state index contributed by atoms with van der Waals surface area (Å²) < 4.78 is 29.0. The second kappa shape index (κ2) is 26.5. The van der Waals surface area contributed by atoms with Crippen molar-refractivity contribution in [3.05, 3.63) is 239 Å². The first-order valence-corrected chi connectivity index (χ1v) is 29.8. The molecule has 0 aliphatic rings. The van der Waals surface area contributed by atoms with E-state index in [2.05, 4.69) is 14.3 Å². The van der Waals surface area contributed by atoms with Crippen LogP contribution in [0.2, 0.25) is 0 Å². The van der Waals surface area contributed by atoms with E-state index in [1.807, 2.05) is 159 Å². The van der Waals surface area contributed by atoms with Gasteiger partial charge in [-0.2, -0.15) is 4.89 Å². The number of para-hydroxylation sites is 2. The zero-order chi connectivity index (χ0) is 62.4. The molecule has 16 nitrogen and oxygen atoms in total. The van der Waals surface area contributed by atoms with Crippen molar-refractivity contribution in [1.82, 2.24) is 9.13 Å². The van der Waals surface area contributed by atoms with Crippen molar-refractivity contribution in [2.75, 3.05) is 39.6 Å². The number of fused-ring (bicyclic) bond motifs is 8. The van der Waals surface area contributed by atoms with E-state index in [1.54, 1.807) is 42.5 Å². The number of ketones is 2. The summed E-state index contributed by atoms with van der Waals surface area (Å²) in [5, 5.41) is 41.0. The van der Waals surface area contributed by atoms with E-state index in [0.29, 0.717) is 109 Å². The molecule has 10 aromatic carbocycles. The summed E-state index contributed by atoms with van der Waals surface area (Å²) in [6, 6.07) is 59.7. The summed E-state index contributed by atoms with van der Waals surface area (Å²) in [6.07, 6.45) is -1.19. The molecule has 0 spiro atoms. The minimum atomic E-state index is -1.19. The van der Waals surface area contributed by atoms with Crippen LogP contribution in [0.3, 0.4) is 0 Å². The number of benzene rings is 10. The van der Waals surface area contributed by atoms with Crippen molar-refractivity contribution < 1.29 is 58.2 Å². The lowest BCUT2D eigenvalue weighted by atomic mass is 9.95. The Balaban J connectivity index is 0.808. The number of aliphatic hydroxyl groups is 1. The van der Waals surface area contributed by atoms with Crippen LogP contribution >= 0.6 is 0 Å². The Hall–Kier alpha value is -10.5. The predicted molar refractivity (Wildman–Crippen MR) is 349 cm³/mol. The number of aromatic nitrogens is 2. The second-order valence-corrected chi connectivity index (χ2v) is 21.5. The number of aromatic hydroxyl groups is 1. The third-order valence-corrected chi connectivity index (χ3v) is 15.8. The average Bonchev–Trinajstić information content (AvgIpc) is 1.58. The van der Waals surface area contributed by atoms with Crippen LogP contribution in [0, 0.1) is 5.41 Å². The topological polar surface area (TPSA) is 202 Å². The molecule has 0 bridgehead atoms. The molecule has 1 unspecified atom stereocenters. The van der Waals surface area contributed by atoms with Gasteiger partial charge in [0.2, 0.25) is 0 Å². The number of hydrogen-bond donors (Lipinski definition) is 3. The van der Waals surface area contributed by atoms with Gasteiger partial charge >= 0.3 is 5.97 Å². The standard InChI is InChI=1S/C74H64N4O12/c1-5-86-67-33-27-47-15-7-9-17-53(47)69(67)73(82)51-25-31-63-59(43-51)57-41-49(71(75)56-20-12-14-22-66(56)90-89-46(4)80)23-29-61(57)77(63)35-37-84-39-40-85-38-36-78-62-30-24-50(72(76-88-45(3)79)55-19-11-13-21-65(55)81)42-58(62)60-44-52(26-32-64(60)78)74(83)70-54-18-10-8-16-48(54)28-34-68(70)87-6-2/h7-34,41-44,46,75,80-81H,5-6,35-40H2,1-4H3/b75-71?,76-72-. The van der Waals surface area contributed by atoms with Crippen LogP contribution < -0.4 is 14.4 Å². The molecule has 16 heteroatoms. The Kier molecular flexibility index (Phi) is 17.6. The van der Waals surface area contributed by atoms with E-state index in [9.17, 15) is 30.0 Å². The molecule has 12 rings (SSSR count). The van der Waals surface area contributed by atoms with E-state index in [-0.39, 0.29) is 34.5 Å². The molecule has 0 saturated heterocycles. The number of carbonyl (C=O) groups excluding carboxylic acids is 3. The van der Waals surface area contributed by atoms with Crippen LogP contribution in [0.15, 0.2) is 199 Å². The molecule has 90 heavy (non-hydrogen) atoms. The maximum absolute atomic E-state index is 14.8. The van der Waals surface area contributed by atoms with Crippen molar-refractivity contribution in [1.29, 1.82) is 5.41 Å². The van der Waals surface area contributed by atoms with E-state index in [4.69, 9.17) is 33.6 Å². The average molecular weight is 1200 g/mol. The normalized spacial score (nSPS) is 12.1. The van der Waals surface area contributed by atoms with Gasteiger partial charge in [-0.05, 0) is 139 Å². The SMILES string of the molecule is CCOc1ccc2ccccc2c1C(=O)c1ccc2c(c1)c1cc(C(=N)c3ccccc3OOC(C)O)ccc1n2CCOCCOCCn1c2ccc(C(=O)c3c(OCC)ccc4ccccc34)cc2c2cc(/C(=N/OC(C)=O)c3ccccc3O)ccc21. The zero-order valence-electron chi connectivity index (χ0n) is 50.0. The van der Waals surface area contributed by atoms with Gasteiger partial charge in [0.15, 0.2) is 23.6 Å². The number of nitrogens with zero attached hydrogens (tertiary/aromatic N) is 3. The van der Waals surface area contributed by atoms with Crippen LogP contribution in [0.1, 0.15) is 81.8 Å². The number of phenolic OH excluding ortho intramolecular Hbond substituents is 1. The summed E-state index contributed by atoms with van der Waals surface area (Å²) >= 11 is 0. The van der Waals surface area contributed by atoms with Crippen molar-refractivity contribution in [3.63, 3.8) is 0 Å². The number of phenols is 1. The Bertz CT molecular complexity index is 4790. The fourth-order valence-corrected chi connectivity index (χ4v) is 11.8. The summed E-state index contributed by atoms with van der Waals surface area (Å²) in [4.78, 5) is 57.4. The molecular weight excluding hydrogens is 1140 g/mol. The Morgan fingerprint density at radius 2 is 0.944 bits per heavy atom. The molecule has 12 aromatic rings. The highest BCUT2D eigenvalue weighted by Gasteiger charge is 2.25. The van der Waals surface area contributed by atoms with Gasteiger partial charge in [0.1, 0.15) is 23.0 Å². The number of carbonyl (C=O) groups is 3. The smallest absolute Gasteiger partial charge is 0.332 e. The van der Waals surface area contributed by atoms with Crippen LogP contribution in [0.25, 0.3) is 65.2 Å². The molecule has 3 N–H and O–H groups in total. The highest BCUT2D eigenvalue weighted by atomic mass is 17.2. The Morgan fingerprint density at radius 1 is 0.500 bits per heavy atom. The molecule has 2 aromatic heterocycles. The maximum Gasteiger partial charge on any atom is 0.332 e. The fourth-order valence-electron chi connectivity index (χ4n) is 11.8. The summed E-state index contributed by atoms with van der Waals surface area (Å²) in [6.45, 7) is 9.35. The van der Waals surface area contributed by atoms with E-state index < -0.39 is 12.3 Å². The lowest BCUT2D eigenvalue weighted by Gasteiger charge is -2.13. The van der Waals surface area contributed by atoms with Gasteiger partial charge in [0.05, 0.1) is 56.5 Å². The fraction of sp³-hybridized carbons (Fsp3) is 0.176. The van der Waals surface area contributed by atoms with E-state index >= 15 is 0 Å². The minimum absolute atomic E-state index is 0.0465. The van der Waals surface area contributed by atoms with Crippen LogP contribution in [-0.4, -0.2) is 94.2 Å². The largest absolute Gasteiger partial charge is 0.507 e. The molecular formula is C74H64N4O12. The van der Waals surface area contributed by atoms with E-state index in [0.717, 1.165) is 65.2 Å². The number of aliphatic hydroxyl groups excluding tert-OH is 1. The minimum Gasteiger partial charge on any atom is -0.507 e. The third-order valence-electron chi connectivity index (χ3n) is 15.8. The summed E-state index contributed by atoms with van der Waals surface area (Å²) in [7, 11) is 0. The molecule has 1 atom stereocenters. The predicted octanol–water partition coefficient (Wildman–Crippen LogP) is 14.3. The van der Waals surface area contributed by atoms with Gasteiger partial charge in [0, 0.05) is 97.0 Å². The number of nitrogens with one attached hydrogen (secondary N) is 1. The molecule has 452 valence electrons. The molecule has 2 heterocycles. The van der Waals surface area contributed by atoms with Gasteiger partial charge in [-0.3, -0.25) is 15.0 Å². The van der Waals surface area contributed by atoms with Gasteiger partial charge in [-0.1, -0.05) is 102 Å². The number of oxime groups is 1. The summed E-state index contributed by atoms with van der Waals surface area (Å²) in [5.41, 5.74) is 7.71. The van der Waals surface area contributed by atoms with Gasteiger partial charge in [0.25, 0.3) is 0 Å². The molecule has 0 saturated carbocycles. The van der Waals surface area contributed by atoms with Gasteiger partial charge in [-0.25, -0.2) is 4.79 Å². The van der Waals surface area contributed by atoms with Crippen molar-refractivity contribution in [3.8, 4) is 23.0 Å². The molecule has 0 radical (unpaired) electrons. The third kappa shape index (κ3) is 12.0. The lowest BCUT2D eigenvalue weighted by molar-refractivity contribution is -0.298. The van der Waals surface area contributed by atoms with Crippen LogP contribution in [0.5, 0.6) is 23.0 Å². The monoisotopic (exact) mass is 1200 g/mol. The number of hydrogen-bond acceptors (Lipinski definition) is 14. The highest BCUT2D eigenvalue weighted by Crippen LogP contribution is 2.38. The Morgan fingerprint density at radius 3 is 1.44 bits per heavy atom. The quantitative estimate of drug-likeness (QED) is 0.00931. The first kappa shape index (κ1) is 59.8. The summed E-state index contributed by atoms with van der Waals surface area (Å²) in [5.74, 6) is 0.226. The second-order valence-electron chi connectivity index (χ2n) is 21.5. The highest BCUT2D eigenvalue weighted by molar-refractivity contribution is 6.23. The van der Waals surface area contributed by atoms with Gasteiger partial charge in [-0.15, -0.1) is 0 Å². The van der Waals surface area contributed by atoms with Crippen LogP contribution in [-0.2, 0) is 37.1 Å². The first-order valence-electron chi connectivity index (χ1n) is 29.8. The number of rotatable bonds is 25. The van der Waals surface area contributed by atoms with Crippen molar-refractivity contribution in [2.45, 2.75) is 47.1 Å². The maximum atomic E-state index is 14.8. The Labute approximate surface area is 518 Å². The zero-order valence-corrected chi connectivity index (χ0v) is 50.0. The molecule has 0 amide bonds. The lowest BCUT2D eigenvalue weighted by Crippen LogP contribution is -2.13. The molecule has 0 aliphatic heterocycles. The van der Waals surface area contributed by atoms with E-state index in [1.165, 1.54) is 19.9 Å². The molecule has 0 fully saturated rings. The van der Waals surface area contributed by atoms with Crippen LogP contribution in [0.4, 0.5) is 0 Å². The van der Waals surface area contributed by atoms with Crippen molar-refractivity contribution in [2.24, 2.45) is 5.16 Å².